The molecule has 0 aliphatic heterocycles. The van der Waals surface area contributed by atoms with E-state index in [-0.39, 0.29) is 11.8 Å². The molecule has 0 N–H and O–H groups in total. The molecule has 0 saturated heterocycles. The third kappa shape index (κ3) is 4.14. The highest BCUT2D eigenvalue weighted by atomic mass is 16.6. The Morgan fingerprint density at radius 2 is 2.06 bits per heavy atom. The number of rotatable bonds is 7. The molecule has 0 aromatic heterocycles. The maximum atomic E-state index is 10.5. The van der Waals surface area contributed by atoms with E-state index in [0.29, 0.717) is 0 Å². The van der Waals surface area contributed by atoms with Crippen molar-refractivity contribution < 1.29 is 9.66 Å². The van der Waals surface area contributed by atoms with Crippen LogP contribution < -0.4 is 0 Å². The number of ether oxygens (including phenoxy) is 1. The standard InChI is InChI=1S/C14H17NO3/c1-3-4-5-6-7-14(18-2)12-8-10-13(11-9-12)15(16)17/h3,5-6,8-11,14H,1,4,7H2,2H3/b6-5+. The van der Waals surface area contributed by atoms with Crippen molar-refractivity contribution in [2.24, 2.45) is 0 Å². The molecule has 1 rings (SSSR count). The van der Waals surface area contributed by atoms with Gasteiger partial charge in [-0.05, 0) is 30.5 Å². The molecule has 4 heteroatoms. The maximum Gasteiger partial charge on any atom is 0.269 e. The van der Waals surface area contributed by atoms with Crippen LogP contribution in [-0.4, -0.2) is 12.0 Å². The second-order valence-corrected chi connectivity index (χ2v) is 3.80. The molecule has 0 saturated carbocycles. The van der Waals surface area contributed by atoms with Crippen molar-refractivity contribution in [1.82, 2.24) is 0 Å². The van der Waals surface area contributed by atoms with Gasteiger partial charge in [-0.2, -0.15) is 0 Å². The number of allylic oxidation sites excluding steroid dienone is 2. The van der Waals surface area contributed by atoms with Crippen LogP contribution in [0.5, 0.6) is 0 Å². The fourth-order valence-electron chi connectivity index (χ4n) is 1.59. The van der Waals surface area contributed by atoms with Crippen molar-refractivity contribution >= 4 is 5.69 Å². The van der Waals surface area contributed by atoms with E-state index < -0.39 is 4.92 Å². The Kier molecular flexibility index (Phi) is 5.80. The largest absolute Gasteiger partial charge is 0.376 e. The minimum Gasteiger partial charge on any atom is -0.376 e. The van der Waals surface area contributed by atoms with Gasteiger partial charge in [0.15, 0.2) is 0 Å². The van der Waals surface area contributed by atoms with Crippen molar-refractivity contribution in [3.63, 3.8) is 0 Å². The lowest BCUT2D eigenvalue weighted by Gasteiger charge is -2.13. The number of methoxy groups -OCH3 is 1. The number of nitro groups is 1. The molecule has 1 aromatic carbocycles. The van der Waals surface area contributed by atoms with Crippen molar-refractivity contribution in [2.75, 3.05) is 7.11 Å². The van der Waals surface area contributed by atoms with Gasteiger partial charge in [0.25, 0.3) is 5.69 Å². The van der Waals surface area contributed by atoms with Gasteiger partial charge >= 0.3 is 0 Å². The second-order valence-electron chi connectivity index (χ2n) is 3.80. The molecule has 1 unspecified atom stereocenters. The van der Waals surface area contributed by atoms with Gasteiger partial charge in [-0.3, -0.25) is 10.1 Å². The molecular formula is C14H17NO3. The predicted molar refractivity (Wildman–Crippen MR) is 71.4 cm³/mol. The highest BCUT2D eigenvalue weighted by Crippen LogP contribution is 2.23. The number of nitrogens with zero attached hydrogens (tertiary/aromatic N) is 1. The number of nitro benzene ring substituents is 1. The van der Waals surface area contributed by atoms with Crippen LogP contribution in [0.3, 0.4) is 0 Å². The summed E-state index contributed by atoms with van der Waals surface area (Å²) in [7, 11) is 1.63. The summed E-state index contributed by atoms with van der Waals surface area (Å²) in [5.41, 5.74) is 1.03. The quantitative estimate of drug-likeness (QED) is 0.418. The molecule has 0 aliphatic rings. The molecule has 96 valence electrons. The smallest absolute Gasteiger partial charge is 0.269 e. The molecule has 0 fully saturated rings. The van der Waals surface area contributed by atoms with E-state index in [9.17, 15) is 10.1 Å². The SMILES string of the molecule is C=CC/C=C/CC(OC)c1ccc([N+](=O)[O-])cc1. The lowest BCUT2D eigenvalue weighted by atomic mass is 10.1. The third-order valence-electron chi connectivity index (χ3n) is 2.58. The Morgan fingerprint density at radius 1 is 1.39 bits per heavy atom. The van der Waals surface area contributed by atoms with Crippen LogP contribution in [-0.2, 0) is 4.74 Å². The number of hydrogen-bond acceptors (Lipinski definition) is 3. The molecule has 0 amide bonds. The van der Waals surface area contributed by atoms with E-state index in [4.69, 9.17) is 4.74 Å². The van der Waals surface area contributed by atoms with Crippen LogP contribution in [0.25, 0.3) is 0 Å². The maximum absolute atomic E-state index is 10.5. The molecule has 1 aromatic rings. The summed E-state index contributed by atoms with van der Waals surface area (Å²) in [4.78, 5) is 10.1. The molecule has 0 spiro atoms. The predicted octanol–water partition coefficient (Wildman–Crippen LogP) is 3.80. The van der Waals surface area contributed by atoms with Crippen LogP contribution in [0.2, 0.25) is 0 Å². The van der Waals surface area contributed by atoms with E-state index in [1.807, 2.05) is 18.2 Å². The highest BCUT2D eigenvalue weighted by Gasteiger charge is 2.11. The summed E-state index contributed by atoms with van der Waals surface area (Å²) >= 11 is 0. The number of benzene rings is 1. The van der Waals surface area contributed by atoms with Gasteiger partial charge in [-0.15, -0.1) is 6.58 Å². The fourth-order valence-corrected chi connectivity index (χ4v) is 1.59. The van der Waals surface area contributed by atoms with E-state index in [1.165, 1.54) is 12.1 Å². The summed E-state index contributed by atoms with van der Waals surface area (Å²) in [6.45, 7) is 3.64. The Morgan fingerprint density at radius 3 is 2.56 bits per heavy atom. The first-order chi connectivity index (χ1) is 8.69. The first kappa shape index (κ1) is 14.1. The van der Waals surface area contributed by atoms with Crippen molar-refractivity contribution in [3.05, 3.63) is 64.8 Å². The summed E-state index contributed by atoms with van der Waals surface area (Å²) < 4.78 is 5.37. The van der Waals surface area contributed by atoms with Crippen molar-refractivity contribution in [1.29, 1.82) is 0 Å². The minimum atomic E-state index is -0.407. The van der Waals surface area contributed by atoms with E-state index in [0.717, 1.165) is 18.4 Å². The monoisotopic (exact) mass is 247 g/mol. The molecule has 0 heterocycles. The topological polar surface area (TPSA) is 52.4 Å². The zero-order valence-corrected chi connectivity index (χ0v) is 10.4. The Balaban J connectivity index is 2.69. The first-order valence-electron chi connectivity index (χ1n) is 5.72. The highest BCUT2D eigenvalue weighted by molar-refractivity contribution is 5.34. The van der Waals surface area contributed by atoms with Gasteiger partial charge in [0.05, 0.1) is 11.0 Å². The summed E-state index contributed by atoms with van der Waals surface area (Å²) in [6.07, 6.45) is 7.36. The van der Waals surface area contributed by atoms with Crippen molar-refractivity contribution in [3.8, 4) is 0 Å². The van der Waals surface area contributed by atoms with Gasteiger partial charge in [0, 0.05) is 19.2 Å². The molecular weight excluding hydrogens is 230 g/mol. The van der Waals surface area contributed by atoms with Gasteiger partial charge in [-0.25, -0.2) is 0 Å². The number of non-ortho nitro benzene ring substituents is 1. The molecule has 4 nitrogen and oxygen atoms in total. The van der Waals surface area contributed by atoms with E-state index in [1.54, 1.807) is 19.2 Å². The lowest BCUT2D eigenvalue weighted by Crippen LogP contribution is -2.00. The lowest BCUT2D eigenvalue weighted by molar-refractivity contribution is -0.384. The number of hydrogen-bond donors (Lipinski definition) is 0. The zero-order chi connectivity index (χ0) is 13.4. The fraction of sp³-hybridized carbons (Fsp3) is 0.286. The van der Waals surface area contributed by atoms with Crippen LogP contribution in [0, 0.1) is 10.1 Å². The molecule has 0 radical (unpaired) electrons. The van der Waals surface area contributed by atoms with Crippen LogP contribution in [0.1, 0.15) is 24.5 Å². The Bertz CT molecular complexity index is 423. The summed E-state index contributed by atoms with van der Waals surface area (Å²) in [5.74, 6) is 0. The van der Waals surface area contributed by atoms with Crippen LogP contribution in [0.4, 0.5) is 5.69 Å². The Labute approximate surface area is 107 Å². The molecule has 0 aliphatic carbocycles. The van der Waals surface area contributed by atoms with E-state index in [2.05, 4.69) is 6.58 Å². The second kappa shape index (κ2) is 7.40. The summed E-state index contributed by atoms with van der Waals surface area (Å²) in [5, 5.41) is 10.5. The zero-order valence-electron chi connectivity index (χ0n) is 10.4. The average Bonchev–Trinajstić information content (AvgIpc) is 2.39. The van der Waals surface area contributed by atoms with Gasteiger partial charge in [-0.1, -0.05) is 18.2 Å². The molecule has 1 atom stereocenters. The normalized spacial score (nSPS) is 12.5. The third-order valence-corrected chi connectivity index (χ3v) is 2.58. The molecule has 18 heavy (non-hydrogen) atoms. The van der Waals surface area contributed by atoms with Crippen LogP contribution >= 0.6 is 0 Å². The van der Waals surface area contributed by atoms with Gasteiger partial charge in [0.1, 0.15) is 0 Å². The van der Waals surface area contributed by atoms with E-state index >= 15 is 0 Å². The first-order valence-corrected chi connectivity index (χ1v) is 5.72. The minimum absolute atomic E-state index is 0.0770. The van der Waals surface area contributed by atoms with Gasteiger partial charge < -0.3 is 4.74 Å². The van der Waals surface area contributed by atoms with Crippen molar-refractivity contribution in [2.45, 2.75) is 18.9 Å². The average molecular weight is 247 g/mol. The van der Waals surface area contributed by atoms with Crippen LogP contribution in [0.15, 0.2) is 49.1 Å². The van der Waals surface area contributed by atoms with Gasteiger partial charge in [0.2, 0.25) is 0 Å². The Hall–Kier alpha value is -1.94. The summed E-state index contributed by atoms with van der Waals surface area (Å²) in [6, 6.07) is 6.45. The molecule has 0 bridgehead atoms.